The minimum absolute atomic E-state index is 0.244. The highest BCUT2D eigenvalue weighted by molar-refractivity contribution is 5.47. The quantitative estimate of drug-likeness (QED) is 0.317. The van der Waals surface area contributed by atoms with Crippen LogP contribution in [-0.4, -0.2) is 24.7 Å². The number of nitrogens with zero attached hydrogens (tertiary/aromatic N) is 1. The molecule has 0 aliphatic carbocycles. The molecule has 3 nitrogen and oxygen atoms in total. The van der Waals surface area contributed by atoms with Gasteiger partial charge in [0.25, 0.3) is 0 Å². The summed E-state index contributed by atoms with van der Waals surface area (Å²) in [4.78, 5) is 0. The smallest absolute Gasteiger partial charge is 0.211 e. The summed E-state index contributed by atoms with van der Waals surface area (Å²) in [7, 11) is 1.60. The van der Waals surface area contributed by atoms with Crippen LogP contribution in [-0.2, 0) is 4.74 Å². The summed E-state index contributed by atoms with van der Waals surface area (Å²) >= 11 is 0. The Morgan fingerprint density at radius 1 is 1.43 bits per heavy atom. The van der Waals surface area contributed by atoms with Crippen molar-refractivity contribution in [1.29, 1.82) is 0 Å². The Balaban J connectivity index is 2.89. The van der Waals surface area contributed by atoms with Gasteiger partial charge >= 0.3 is 0 Å². The molecule has 0 heterocycles. The van der Waals surface area contributed by atoms with E-state index in [4.69, 9.17) is 4.74 Å². The Morgan fingerprint density at radius 2 is 2.07 bits per heavy atom. The number of methoxy groups -OCH3 is 1. The highest BCUT2D eigenvalue weighted by Gasteiger charge is 2.17. The molecule has 0 bridgehead atoms. The molecule has 1 atom stereocenters. The van der Waals surface area contributed by atoms with Crippen LogP contribution in [0.3, 0.4) is 0 Å². The van der Waals surface area contributed by atoms with Crippen LogP contribution in [0.15, 0.2) is 30.3 Å². The molecule has 0 saturated heterocycles. The van der Waals surface area contributed by atoms with Gasteiger partial charge < -0.3 is 9.94 Å². The van der Waals surface area contributed by atoms with Crippen LogP contribution < -0.4 is 0 Å². The fraction of sp³-hybridized carbons (Fsp3) is 0.364. The van der Waals surface area contributed by atoms with E-state index >= 15 is 0 Å². The third kappa shape index (κ3) is 2.57. The average molecular weight is 193 g/mol. The third-order valence-corrected chi connectivity index (χ3v) is 2.07. The minimum Gasteiger partial charge on any atom is -0.624 e. The fourth-order valence-electron chi connectivity index (χ4n) is 1.33. The highest BCUT2D eigenvalue weighted by Crippen LogP contribution is 2.15. The topological polar surface area (TPSA) is 35.3 Å². The van der Waals surface area contributed by atoms with Crippen LogP contribution in [0.4, 0.5) is 0 Å². The second-order valence-electron chi connectivity index (χ2n) is 3.00. The van der Waals surface area contributed by atoms with Crippen LogP contribution in [0.2, 0.25) is 0 Å². The fourth-order valence-corrected chi connectivity index (χ4v) is 1.33. The van der Waals surface area contributed by atoms with Crippen LogP contribution in [0.1, 0.15) is 18.5 Å². The molecule has 1 unspecified atom stereocenters. The van der Waals surface area contributed by atoms with Gasteiger partial charge in [0.05, 0.1) is 0 Å². The molecule has 0 amide bonds. The van der Waals surface area contributed by atoms with Gasteiger partial charge in [-0.05, 0) is 0 Å². The molecule has 76 valence electrons. The van der Waals surface area contributed by atoms with Gasteiger partial charge in [-0.25, -0.2) is 4.74 Å². The molecule has 0 spiro atoms. The van der Waals surface area contributed by atoms with E-state index in [1.165, 1.54) is 6.21 Å². The maximum absolute atomic E-state index is 11.5. The van der Waals surface area contributed by atoms with Crippen LogP contribution >= 0.6 is 0 Å². The summed E-state index contributed by atoms with van der Waals surface area (Å²) in [6.07, 6.45) is 1.51. The Hall–Kier alpha value is -1.35. The van der Waals surface area contributed by atoms with E-state index in [0.29, 0.717) is 6.61 Å². The molecule has 0 radical (unpaired) electrons. The summed E-state index contributed by atoms with van der Waals surface area (Å²) in [6, 6.07) is 9.38. The Labute approximate surface area is 84.2 Å². The summed E-state index contributed by atoms with van der Waals surface area (Å²) in [5.41, 5.74) is 0.974. The first kappa shape index (κ1) is 10.7. The molecular weight excluding hydrogens is 178 g/mol. The van der Waals surface area contributed by atoms with Gasteiger partial charge in [0.1, 0.15) is 12.8 Å². The van der Waals surface area contributed by atoms with E-state index in [1.807, 2.05) is 30.3 Å². The van der Waals surface area contributed by atoms with E-state index in [9.17, 15) is 5.21 Å². The van der Waals surface area contributed by atoms with Gasteiger partial charge in [-0.15, -0.1) is 0 Å². The van der Waals surface area contributed by atoms with Crippen molar-refractivity contribution in [2.24, 2.45) is 0 Å². The van der Waals surface area contributed by atoms with Crippen molar-refractivity contribution in [2.75, 3.05) is 13.7 Å². The molecule has 3 heteroatoms. The summed E-state index contributed by atoms with van der Waals surface area (Å²) < 4.78 is 5.94. The minimum atomic E-state index is -0.244. The summed E-state index contributed by atoms with van der Waals surface area (Å²) in [5, 5.41) is 11.5. The highest BCUT2D eigenvalue weighted by atomic mass is 16.5. The Kier molecular flexibility index (Phi) is 4.13. The summed E-state index contributed by atoms with van der Waals surface area (Å²) in [6.45, 7) is 2.12. The first-order valence-corrected chi connectivity index (χ1v) is 4.58. The lowest BCUT2D eigenvalue weighted by Gasteiger charge is -2.15. The van der Waals surface area contributed by atoms with Gasteiger partial charge in [0.15, 0.2) is 0 Å². The Morgan fingerprint density at radius 3 is 2.57 bits per heavy atom. The number of hydrogen-bond acceptors (Lipinski definition) is 2. The van der Waals surface area contributed by atoms with Gasteiger partial charge in [-0.3, -0.25) is 0 Å². The Bertz CT molecular complexity index is 295. The third-order valence-electron chi connectivity index (χ3n) is 2.07. The van der Waals surface area contributed by atoms with E-state index in [0.717, 1.165) is 10.3 Å². The number of hydrogen-bond donors (Lipinski definition) is 0. The zero-order chi connectivity index (χ0) is 10.4. The van der Waals surface area contributed by atoms with E-state index in [2.05, 4.69) is 0 Å². The van der Waals surface area contributed by atoms with Gasteiger partial charge in [-0.1, -0.05) is 30.3 Å². The number of hydroxylamine groups is 1. The molecule has 0 fully saturated rings. The van der Waals surface area contributed by atoms with Gasteiger partial charge in [-0.2, -0.15) is 0 Å². The number of ether oxygens (including phenoxy) is 1. The maximum Gasteiger partial charge on any atom is 0.211 e. The van der Waals surface area contributed by atoms with Crippen molar-refractivity contribution in [3.8, 4) is 0 Å². The van der Waals surface area contributed by atoms with Crippen LogP contribution in [0, 0.1) is 5.21 Å². The van der Waals surface area contributed by atoms with E-state index in [1.54, 1.807) is 14.0 Å². The molecular formula is C11H15NO2. The normalized spacial score (nSPS) is 14.0. The number of rotatable bonds is 4. The lowest BCUT2D eigenvalue weighted by molar-refractivity contribution is -0.508. The SMILES string of the molecule is C/C=[N+](\[O-])C(COC)c1ccccc1. The average Bonchev–Trinajstić information content (AvgIpc) is 2.26. The predicted octanol–water partition coefficient (Wildman–Crippen LogP) is 1.98. The second-order valence-corrected chi connectivity index (χ2v) is 3.00. The molecule has 0 aromatic heterocycles. The molecule has 0 N–H and O–H groups in total. The van der Waals surface area contributed by atoms with Crippen molar-refractivity contribution >= 4 is 6.21 Å². The van der Waals surface area contributed by atoms with Crippen LogP contribution in [0.25, 0.3) is 0 Å². The van der Waals surface area contributed by atoms with Crippen LogP contribution in [0.5, 0.6) is 0 Å². The van der Waals surface area contributed by atoms with Gasteiger partial charge in [0.2, 0.25) is 6.04 Å². The van der Waals surface area contributed by atoms with E-state index < -0.39 is 0 Å². The summed E-state index contributed by atoms with van der Waals surface area (Å²) in [5.74, 6) is 0. The standard InChI is InChI=1S/C11H15NO2/c1-3-12(13)11(9-14-2)10-7-5-4-6-8-10/h3-8,11H,9H2,1-2H3/b12-3-. The van der Waals surface area contributed by atoms with Gasteiger partial charge in [0, 0.05) is 19.6 Å². The van der Waals surface area contributed by atoms with E-state index in [-0.39, 0.29) is 6.04 Å². The zero-order valence-electron chi connectivity index (χ0n) is 8.51. The molecule has 1 rings (SSSR count). The van der Waals surface area contributed by atoms with Crippen molar-refractivity contribution in [3.05, 3.63) is 41.1 Å². The molecule has 1 aromatic rings. The second kappa shape index (κ2) is 5.40. The molecule has 14 heavy (non-hydrogen) atoms. The van der Waals surface area contributed by atoms with Crippen molar-refractivity contribution in [3.63, 3.8) is 0 Å². The zero-order valence-corrected chi connectivity index (χ0v) is 8.51. The van der Waals surface area contributed by atoms with Crippen molar-refractivity contribution < 1.29 is 9.48 Å². The largest absolute Gasteiger partial charge is 0.624 e. The molecule has 1 aromatic carbocycles. The lowest BCUT2D eigenvalue weighted by Crippen LogP contribution is -2.18. The first-order valence-electron chi connectivity index (χ1n) is 4.58. The lowest BCUT2D eigenvalue weighted by atomic mass is 10.1. The maximum atomic E-state index is 11.5. The number of benzene rings is 1. The monoisotopic (exact) mass is 193 g/mol. The first-order chi connectivity index (χ1) is 6.79. The molecule has 0 saturated carbocycles. The predicted molar refractivity (Wildman–Crippen MR) is 56.4 cm³/mol. The molecule has 0 aliphatic heterocycles. The van der Waals surface area contributed by atoms with Crippen molar-refractivity contribution in [2.45, 2.75) is 13.0 Å². The van der Waals surface area contributed by atoms with Crippen molar-refractivity contribution in [1.82, 2.24) is 0 Å². The molecule has 0 aliphatic rings.